The van der Waals surface area contributed by atoms with E-state index >= 15 is 0 Å². The zero-order valence-electron chi connectivity index (χ0n) is 15.1. The van der Waals surface area contributed by atoms with Crippen LogP contribution in [0.1, 0.15) is 31.2 Å². The lowest BCUT2D eigenvalue weighted by molar-refractivity contribution is -0.149. The van der Waals surface area contributed by atoms with Gasteiger partial charge in [0.05, 0.1) is 13.2 Å². The second kappa shape index (κ2) is 6.38. The third-order valence-corrected chi connectivity index (χ3v) is 6.72. The van der Waals surface area contributed by atoms with Gasteiger partial charge >= 0.3 is 0 Å². The molecular formula is C20H28N2O3. The van der Waals surface area contributed by atoms with Gasteiger partial charge in [0.2, 0.25) is 0 Å². The summed E-state index contributed by atoms with van der Waals surface area (Å²) in [6.07, 6.45) is 3.66. The normalized spacial score (nSPS) is 37.8. The number of likely N-dealkylation sites (N-methyl/N-ethyl adjacent to an activating group) is 1. The number of carbonyl (C=O) groups is 1. The molecule has 2 bridgehead atoms. The van der Waals surface area contributed by atoms with Crippen LogP contribution in [0.15, 0.2) is 24.3 Å². The van der Waals surface area contributed by atoms with E-state index in [2.05, 4.69) is 22.3 Å². The quantitative estimate of drug-likeness (QED) is 0.864. The molecule has 1 aromatic rings. The summed E-state index contributed by atoms with van der Waals surface area (Å²) in [5, 5.41) is 14.4. The minimum Gasteiger partial charge on any atom is -0.497 e. The van der Waals surface area contributed by atoms with E-state index in [4.69, 9.17) is 4.74 Å². The Bertz CT molecular complexity index is 647. The molecule has 3 fully saturated rings. The Kier molecular flexibility index (Phi) is 4.34. The molecule has 1 saturated carbocycles. The predicted octanol–water partition coefficient (Wildman–Crippen LogP) is 1.38. The van der Waals surface area contributed by atoms with Crippen LogP contribution in [-0.4, -0.2) is 60.2 Å². The maximum Gasteiger partial charge on any atom is 0.138 e. The highest BCUT2D eigenvalue weighted by Crippen LogP contribution is 2.50. The molecule has 3 aliphatic rings. The first-order valence-corrected chi connectivity index (χ1v) is 9.34. The van der Waals surface area contributed by atoms with E-state index in [1.54, 1.807) is 7.11 Å². The molecule has 1 spiro atoms. The summed E-state index contributed by atoms with van der Waals surface area (Å²) in [5.41, 5.74) is 1.27. The Balaban J connectivity index is 1.63. The van der Waals surface area contributed by atoms with Crippen molar-refractivity contribution in [3.8, 4) is 5.75 Å². The van der Waals surface area contributed by atoms with Crippen molar-refractivity contribution < 1.29 is 14.6 Å². The van der Waals surface area contributed by atoms with Crippen molar-refractivity contribution in [2.45, 2.75) is 55.8 Å². The van der Waals surface area contributed by atoms with Crippen molar-refractivity contribution in [1.82, 2.24) is 10.2 Å². The molecule has 5 heteroatoms. The van der Waals surface area contributed by atoms with Gasteiger partial charge in [-0.05, 0) is 50.4 Å². The topological polar surface area (TPSA) is 61.8 Å². The lowest BCUT2D eigenvalue weighted by Crippen LogP contribution is -2.65. The number of aliphatic hydroxyl groups excluding tert-OH is 1. The third kappa shape index (κ3) is 2.78. The smallest absolute Gasteiger partial charge is 0.138 e. The molecule has 2 N–H and O–H groups in total. The fourth-order valence-electron chi connectivity index (χ4n) is 5.36. The van der Waals surface area contributed by atoms with E-state index in [1.165, 1.54) is 5.56 Å². The van der Waals surface area contributed by atoms with Crippen LogP contribution in [0.3, 0.4) is 0 Å². The van der Waals surface area contributed by atoms with Crippen molar-refractivity contribution in [2.75, 3.05) is 20.7 Å². The Morgan fingerprint density at radius 2 is 2.08 bits per heavy atom. The monoisotopic (exact) mass is 344 g/mol. The van der Waals surface area contributed by atoms with Crippen LogP contribution >= 0.6 is 0 Å². The summed E-state index contributed by atoms with van der Waals surface area (Å²) in [6, 6.07) is 8.51. The number of hydrogen-bond acceptors (Lipinski definition) is 5. The minimum atomic E-state index is -0.571. The van der Waals surface area contributed by atoms with Crippen molar-refractivity contribution in [2.24, 2.45) is 5.92 Å². The molecule has 2 heterocycles. The molecule has 136 valence electrons. The molecule has 1 aromatic carbocycles. The number of benzene rings is 1. The van der Waals surface area contributed by atoms with E-state index in [9.17, 15) is 9.90 Å². The standard InChI is InChI=1S/C20H28N2O3/c1-21-14-10-20-8-7-18(23)16(11-20)19(24)17(22(20)12-14)9-13-3-5-15(25-2)6-4-13/h3-6,14,16-17,19,21,24H,7-12H2,1-2H3/t14-,16-,17-,19-,20+/m0/s1. The van der Waals surface area contributed by atoms with Crippen molar-refractivity contribution >= 4 is 5.78 Å². The number of methoxy groups -OCH3 is 1. The number of hydrogen-bond donors (Lipinski definition) is 2. The summed E-state index contributed by atoms with van der Waals surface area (Å²) in [6.45, 7) is 0.954. The number of fused-ring (bicyclic) bond motifs is 1. The van der Waals surface area contributed by atoms with E-state index < -0.39 is 6.10 Å². The van der Waals surface area contributed by atoms with Crippen LogP contribution in [-0.2, 0) is 11.2 Å². The van der Waals surface area contributed by atoms with Crippen molar-refractivity contribution in [1.29, 1.82) is 0 Å². The number of rotatable bonds is 4. The number of ketones is 1. The molecule has 0 amide bonds. The second-order valence-electron chi connectivity index (χ2n) is 7.95. The molecule has 0 radical (unpaired) electrons. The highest BCUT2D eigenvalue weighted by molar-refractivity contribution is 5.83. The number of aliphatic hydroxyl groups is 1. The van der Waals surface area contributed by atoms with Crippen LogP contribution in [0, 0.1) is 5.92 Å². The van der Waals surface area contributed by atoms with Gasteiger partial charge in [-0.2, -0.15) is 0 Å². The predicted molar refractivity (Wildman–Crippen MR) is 95.7 cm³/mol. The average Bonchev–Trinajstić information content (AvgIpc) is 3.00. The molecule has 2 aliphatic heterocycles. The largest absolute Gasteiger partial charge is 0.497 e. The van der Waals surface area contributed by atoms with Gasteiger partial charge in [0.1, 0.15) is 11.5 Å². The van der Waals surface area contributed by atoms with Crippen LogP contribution in [0.5, 0.6) is 5.75 Å². The van der Waals surface area contributed by atoms with Crippen molar-refractivity contribution in [3.05, 3.63) is 29.8 Å². The van der Waals surface area contributed by atoms with Gasteiger partial charge in [0.25, 0.3) is 0 Å². The molecule has 1 aliphatic carbocycles. The van der Waals surface area contributed by atoms with Gasteiger partial charge < -0.3 is 15.2 Å². The zero-order chi connectivity index (χ0) is 17.6. The number of Topliss-reactive ketones (excluding diaryl/α,β-unsaturated/α-hetero) is 1. The number of carbonyl (C=O) groups excluding carboxylic acids is 1. The molecule has 0 unspecified atom stereocenters. The molecule has 25 heavy (non-hydrogen) atoms. The van der Waals surface area contributed by atoms with Crippen LogP contribution in [0.2, 0.25) is 0 Å². The Labute approximate surface area is 149 Å². The first kappa shape index (κ1) is 17.0. The van der Waals surface area contributed by atoms with Crippen LogP contribution in [0.25, 0.3) is 0 Å². The molecule has 5 nitrogen and oxygen atoms in total. The van der Waals surface area contributed by atoms with E-state index in [0.717, 1.165) is 38.0 Å². The average molecular weight is 344 g/mol. The number of nitrogens with zero attached hydrogens (tertiary/aromatic N) is 1. The fraction of sp³-hybridized carbons (Fsp3) is 0.650. The van der Waals surface area contributed by atoms with Gasteiger partial charge in [-0.3, -0.25) is 9.69 Å². The molecule has 2 saturated heterocycles. The lowest BCUT2D eigenvalue weighted by Gasteiger charge is -2.55. The third-order valence-electron chi connectivity index (χ3n) is 6.72. The summed E-state index contributed by atoms with van der Waals surface area (Å²) in [5.74, 6) is 0.905. The first-order valence-electron chi connectivity index (χ1n) is 9.34. The highest BCUT2D eigenvalue weighted by Gasteiger charge is 2.58. The van der Waals surface area contributed by atoms with E-state index in [0.29, 0.717) is 12.5 Å². The van der Waals surface area contributed by atoms with Gasteiger partial charge in [-0.25, -0.2) is 0 Å². The second-order valence-corrected chi connectivity index (χ2v) is 7.95. The molecule has 4 rings (SSSR count). The van der Waals surface area contributed by atoms with Gasteiger partial charge in [0.15, 0.2) is 0 Å². The summed E-state index contributed by atoms with van der Waals surface area (Å²) in [4.78, 5) is 14.9. The van der Waals surface area contributed by atoms with E-state index in [1.807, 2.05) is 19.2 Å². The maximum atomic E-state index is 12.4. The molecule has 5 atom stereocenters. The van der Waals surface area contributed by atoms with Crippen LogP contribution < -0.4 is 10.1 Å². The molecule has 0 aromatic heterocycles. The number of ether oxygens (including phenoxy) is 1. The van der Waals surface area contributed by atoms with Crippen molar-refractivity contribution in [3.63, 3.8) is 0 Å². The number of nitrogens with one attached hydrogen (secondary N) is 1. The fourth-order valence-corrected chi connectivity index (χ4v) is 5.36. The summed E-state index contributed by atoms with van der Waals surface area (Å²) >= 11 is 0. The van der Waals surface area contributed by atoms with Crippen LogP contribution in [0.4, 0.5) is 0 Å². The Morgan fingerprint density at radius 3 is 2.76 bits per heavy atom. The lowest BCUT2D eigenvalue weighted by atomic mass is 9.66. The summed E-state index contributed by atoms with van der Waals surface area (Å²) in [7, 11) is 3.68. The summed E-state index contributed by atoms with van der Waals surface area (Å²) < 4.78 is 5.24. The van der Waals surface area contributed by atoms with Gasteiger partial charge in [-0.1, -0.05) is 12.1 Å². The first-order chi connectivity index (χ1) is 12.1. The molecular weight excluding hydrogens is 316 g/mol. The number of piperidine rings is 1. The van der Waals surface area contributed by atoms with Gasteiger partial charge in [0, 0.05) is 36.5 Å². The SMILES string of the molecule is CN[C@@H]1CN2[C@@H](Cc3ccc(OC)cc3)[C@@H](O)[C@H]3C[C@@]2(CCC3=O)C1. The van der Waals surface area contributed by atoms with E-state index in [-0.39, 0.29) is 23.3 Å². The zero-order valence-corrected chi connectivity index (χ0v) is 15.1. The Morgan fingerprint density at radius 1 is 1.32 bits per heavy atom. The van der Waals surface area contributed by atoms with Gasteiger partial charge in [-0.15, -0.1) is 0 Å². The Hall–Kier alpha value is -1.43. The highest BCUT2D eigenvalue weighted by atomic mass is 16.5. The minimum absolute atomic E-state index is 0.00902. The maximum absolute atomic E-state index is 12.4.